The summed E-state index contributed by atoms with van der Waals surface area (Å²) < 4.78 is 2.00. The van der Waals surface area contributed by atoms with Crippen molar-refractivity contribution in [2.24, 2.45) is 22.7 Å². The number of nitrogens with one attached hydrogen (secondary N) is 1. The molecule has 3 unspecified atom stereocenters. The molecule has 0 aromatic carbocycles. The Morgan fingerprint density at radius 3 is 2.57 bits per heavy atom. The highest BCUT2D eigenvalue weighted by Crippen LogP contribution is 2.35. The zero-order chi connectivity index (χ0) is 15.4. The molecule has 1 aliphatic heterocycles. The Kier molecular flexibility index (Phi) is 7.17. The molecule has 2 fully saturated rings. The fraction of sp³-hybridized carbons (Fsp3) is 0.765. The van der Waals surface area contributed by atoms with Crippen molar-refractivity contribution in [1.29, 1.82) is 0 Å². The third-order valence-corrected chi connectivity index (χ3v) is 5.15. The van der Waals surface area contributed by atoms with Crippen LogP contribution in [0.5, 0.6) is 0 Å². The Balaban J connectivity index is 0.00000192. The van der Waals surface area contributed by atoms with Gasteiger partial charge in [-0.2, -0.15) is 5.10 Å². The Morgan fingerprint density at radius 1 is 1.30 bits per heavy atom. The number of hydrogen-bond acceptors (Lipinski definition) is 2. The molecule has 0 bridgehead atoms. The van der Waals surface area contributed by atoms with E-state index in [-0.39, 0.29) is 24.0 Å². The summed E-state index contributed by atoms with van der Waals surface area (Å²) in [7, 11) is 1.91. The highest BCUT2D eigenvalue weighted by atomic mass is 127. The minimum atomic E-state index is 0. The van der Waals surface area contributed by atoms with Gasteiger partial charge in [0.25, 0.3) is 0 Å². The van der Waals surface area contributed by atoms with Gasteiger partial charge in [-0.15, -0.1) is 24.0 Å². The molecule has 1 aromatic rings. The summed E-state index contributed by atoms with van der Waals surface area (Å²) in [5.41, 5.74) is 0. The number of fused-ring (bicyclic) bond motifs is 1. The maximum Gasteiger partial charge on any atom is 0.193 e. The molecule has 1 saturated carbocycles. The molecule has 3 atom stereocenters. The van der Waals surface area contributed by atoms with E-state index in [1.165, 1.54) is 38.8 Å². The highest BCUT2D eigenvalue weighted by Gasteiger charge is 2.35. The van der Waals surface area contributed by atoms with Crippen molar-refractivity contribution in [2.75, 3.05) is 26.7 Å². The number of aliphatic imine (C=N–C) groups is 1. The van der Waals surface area contributed by atoms with Crippen molar-refractivity contribution in [2.45, 2.75) is 39.2 Å². The van der Waals surface area contributed by atoms with Crippen LogP contribution in [0.1, 0.15) is 32.6 Å². The smallest absolute Gasteiger partial charge is 0.193 e. The van der Waals surface area contributed by atoms with Crippen LogP contribution in [0.15, 0.2) is 23.5 Å². The van der Waals surface area contributed by atoms with Gasteiger partial charge in [0.2, 0.25) is 0 Å². The first-order chi connectivity index (χ1) is 10.8. The molecule has 1 N–H and O–H groups in total. The molecule has 0 radical (unpaired) electrons. The zero-order valence-electron chi connectivity index (χ0n) is 14.3. The third-order valence-electron chi connectivity index (χ3n) is 5.15. The minimum Gasteiger partial charge on any atom is -0.356 e. The lowest BCUT2D eigenvalue weighted by atomic mass is 9.82. The molecule has 1 aliphatic carbocycles. The SMILES string of the molecule is CN=C(NCC(C)Cn1cccn1)N1CC2CCCCC2C1.I. The van der Waals surface area contributed by atoms with Gasteiger partial charge in [-0.05, 0) is 36.7 Å². The lowest BCUT2D eigenvalue weighted by molar-refractivity contribution is 0.299. The van der Waals surface area contributed by atoms with Crippen molar-refractivity contribution in [3.05, 3.63) is 18.5 Å². The number of halogens is 1. The molecule has 1 aromatic heterocycles. The average molecular weight is 431 g/mol. The average Bonchev–Trinajstić information content (AvgIpc) is 3.16. The first-order valence-electron chi connectivity index (χ1n) is 8.69. The molecule has 3 rings (SSSR count). The lowest BCUT2D eigenvalue weighted by Gasteiger charge is -2.23. The van der Waals surface area contributed by atoms with Gasteiger partial charge in [0, 0.05) is 45.6 Å². The molecule has 5 nitrogen and oxygen atoms in total. The molecule has 0 amide bonds. The first kappa shape index (κ1) is 18.5. The molecule has 1 saturated heterocycles. The summed E-state index contributed by atoms with van der Waals surface area (Å²) in [4.78, 5) is 6.98. The predicted molar refractivity (Wildman–Crippen MR) is 105 cm³/mol. The second-order valence-electron chi connectivity index (χ2n) is 6.97. The van der Waals surface area contributed by atoms with Crippen molar-refractivity contribution in [1.82, 2.24) is 20.0 Å². The van der Waals surface area contributed by atoms with Crippen LogP contribution in [-0.4, -0.2) is 47.3 Å². The summed E-state index contributed by atoms with van der Waals surface area (Å²) in [6, 6.07) is 1.98. The summed E-state index contributed by atoms with van der Waals surface area (Å²) in [5, 5.41) is 7.85. The molecular formula is C17H30IN5. The summed E-state index contributed by atoms with van der Waals surface area (Å²) in [6.45, 7) is 6.53. The van der Waals surface area contributed by atoms with Crippen LogP contribution < -0.4 is 5.32 Å². The molecule has 2 heterocycles. The number of likely N-dealkylation sites (tertiary alicyclic amines) is 1. The number of hydrogen-bond donors (Lipinski definition) is 1. The van der Waals surface area contributed by atoms with Crippen molar-refractivity contribution < 1.29 is 0 Å². The second-order valence-corrected chi connectivity index (χ2v) is 6.97. The molecule has 6 heteroatoms. The Labute approximate surface area is 156 Å². The van der Waals surface area contributed by atoms with E-state index in [1.54, 1.807) is 0 Å². The van der Waals surface area contributed by atoms with Crippen LogP contribution in [0.2, 0.25) is 0 Å². The van der Waals surface area contributed by atoms with Crippen LogP contribution in [-0.2, 0) is 6.54 Å². The quantitative estimate of drug-likeness (QED) is 0.453. The van der Waals surface area contributed by atoms with E-state index in [1.807, 2.05) is 30.2 Å². The number of aromatic nitrogens is 2. The summed E-state index contributed by atoms with van der Waals surface area (Å²) >= 11 is 0. The van der Waals surface area contributed by atoms with E-state index in [9.17, 15) is 0 Å². The fourth-order valence-electron chi connectivity index (χ4n) is 3.97. The van der Waals surface area contributed by atoms with Gasteiger partial charge < -0.3 is 10.2 Å². The number of nitrogens with zero attached hydrogens (tertiary/aromatic N) is 4. The van der Waals surface area contributed by atoms with Crippen LogP contribution in [0.25, 0.3) is 0 Å². The van der Waals surface area contributed by atoms with E-state index >= 15 is 0 Å². The summed E-state index contributed by atoms with van der Waals surface area (Å²) in [6.07, 6.45) is 9.52. The fourth-order valence-corrected chi connectivity index (χ4v) is 3.97. The topological polar surface area (TPSA) is 45.5 Å². The van der Waals surface area contributed by atoms with Gasteiger partial charge in [-0.3, -0.25) is 9.67 Å². The number of guanidine groups is 1. The van der Waals surface area contributed by atoms with Gasteiger partial charge in [0.05, 0.1) is 0 Å². The molecule has 130 valence electrons. The van der Waals surface area contributed by atoms with Gasteiger partial charge >= 0.3 is 0 Å². The van der Waals surface area contributed by atoms with E-state index < -0.39 is 0 Å². The molecular weight excluding hydrogens is 401 g/mol. The largest absolute Gasteiger partial charge is 0.356 e. The van der Waals surface area contributed by atoms with Crippen molar-refractivity contribution in [3.63, 3.8) is 0 Å². The second kappa shape index (κ2) is 8.89. The van der Waals surface area contributed by atoms with Crippen LogP contribution in [0.3, 0.4) is 0 Å². The number of rotatable bonds is 4. The van der Waals surface area contributed by atoms with Gasteiger partial charge in [0.15, 0.2) is 5.96 Å². The first-order valence-corrected chi connectivity index (χ1v) is 8.69. The van der Waals surface area contributed by atoms with E-state index in [2.05, 4.69) is 27.2 Å². The van der Waals surface area contributed by atoms with E-state index in [4.69, 9.17) is 0 Å². The standard InChI is InChI=1S/C17H29N5.HI/c1-14(11-22-9-5-8-20-22)10-19-17(18-2)21-12-15-6-3-4-7-16(15)13-21;/h5,8-9,14-16H,3-4,6-7,10-13H2,1-2H3,(H,18,19);1H. The van der Waals surface area contributed by atoms with Crippen LogP contribution in [0, 0.1) is 17.8 Å². The predicted octanol–water partition coefficient (Wildman–Crippen LogP) is 2.83. The highest BCUT2D eigenvalue weighted by molar-refractivity contribution is 14.0. The minimum absolute atomic E-state index is 0. The lowest BCUT2D eigenvalue weighted by Crippen LogP contribution is -2.42. The van der Waals surface area contributed by atoms with Crippen molar-refractivity contribution >= 4 is 29.9 Å². The van der Waals surface area contributed by atoms with Gasteiger partial charge in [-0.25, -0.2) is 0 Å². The Bertz CT molecular complexity index is 473. The van der Waals surface area contributed by atoms with Crippen LogP contribution in [0.4, 0.5) is 0 Å². The Hall–Kier alpha value is -0.790. The maximum absolute atomic E-state index is 4.51. The van der Waals surface area contributed by atoms with Crippen molar-refractivity contribution in [3.8, 4) is 0 Å². The monoisotopic (exact) mass is 431 g/mol. The van der Waals surface area contributed by atoms with Gasteiger partial charge in [0.1, 0.15) is 0 Å². The Morgan fingerprint density at radius 2 is 2.00 bits per heavy atom. The maximum atomic E-state index is 4.51. The van der Waals surface area contributed by atoms with Gasteiger partial charge in [-0.1, -0.05) is 19.8 Å². The zero-order valence-corrected chi connectivity index (χ0v) is 16.6. The van der Waals surface area contributed by atoms with E-state index in [0.717, 1.165) is 30.9 Å². The molecule has 23 heavy (non-hydrogen) atoms. The van der Waals surface area contributed by atoms with Crippen LogP contribution >= 0.6 is 24.0 Å². The normalized spacial score (nSPS) is 25.7. The third kappa shape index (κ3) is 4.84. The molecule has 2 aliphatic rings. The van der Waals surface area contributed by atoms with E-state index in [0.29, 0.717) is 5.92 Å². The molecule has 0 spiro atoms. The summed E-state index contributed by atoms with van der Waals surface area (Å²) in [5.74, 6) is 3.41.